The van der Waals surface area contributed by atoms with Crippen molar-refractivity contribution in [3.05, 3.63) is 107 Å². The van der Waals surface area contributed by atoms with E-state index in [9.17, 15) is 9.59 Å². The Balaban J connectivity index is 1.46. The van der Waals surface area contributed by atoms with Crippen LogP contribution in [0.15, 0.2) is 90.2 Å². The maximum Gasteiger partial charge on any atom is 0.407 e. The van der Waals surface area contributed by atoms with Crippen molar-refractivity contribution >= 4 is 40.7 Å². The van der Waals surface area contributed by atoms with Crippen LogP contribution in [0.25, 0.3) is 10.9 Å². The lowest BCUT2D eigenvalue weighted by Gasteiger charge is -2.18. The molecule has 1 heterocycles. The minimum Gasteiger partial charge on any atom is -0.450 e. The van der Waals surface area contributed by atoms with E-state index in [4.69, 9.17) is 16.3 Å². The van der Waals surface area contributed by atoms with Gasteiger partial charge in [-0.05, 0) is 36.2 Å². The lowest BCUT2D eigenvalue weighted by Crippen LogP contribution is -2.33. The van der Waals surface area contributed by atoms with Crippen LogP contribution in [0.2, 0.25) is 5.02 Å². The molecule has 0 fully saturated rings. The van der Waals surface area contributed by atoms with Gasteiger partial charge in [0, 0.05) is 34.2 Å². The van der Waals surface area contributed by atoms with E-state index >= 15 is 0 Å². The molecule has 0 saturated heterocycles. The van der Waals surface area contributed by atoms with Gasteiger partial charge in [-0.25, -0.2) is 10.2 Å². The molecule has 0 bridgehead atoms. The number of hydrogen-bond donors (Lipinski definition) is 2. The van der Waals surface area contributed by atoms with Gasteiger partial charge < -0.3 is 14.6 Å². The average molecular weight is 503 g/mol. The highest BCUT2D eigenvalue weighted by atomic mass is 35.5. The molecular weight excluding hydrogens is 476 g/mol. The molecule has 36 heavy (non-hydrogen) atoms. The van der Waals surface area contributed by atoms with E-state index in [2.05, 4.69) is 20.4 Å². The largest absolute Gasteiger partial charge is 0.450 e. The number of rotatable bonds is 9. The number of nitrogens with zero attached hydrogens (tertiary/aromatic N) is 2. The number of nitrogens with one attached hydrogen (secondary N) is 2. The van der Waals surface area contributed by atoms with Gasteiger partial charge in [-0.15, -0.1) is 0 Å². The standard InChI is InChI=1S/C28H27ClN4O3/c1-2-36-28(35)31-25(21-8-4-3-5-9-21)16-27(34)32-30-17-22-19-33(26-11-7-6-10-24(22)26)18-20-12-14-23(29)15-13-20/h3-15,17,19,25H,2,16,18H2,1H3,(H,31,35)(H,32,34)/b30-17-/t25-/m0/s1. The molecule has 4 rings (SSSR count). The van der Waals surface area contributed by atoms with Crippen molar-refractivity contribution in [2.75, 3.05) is 6.61 Å². The lowest BCUT2D eigenvalue weighted by atomic mass is 10.0. The van der Waals surface area contributed by atoms with Gasteiger partial charge in [-0.2, -0.15) is 5.10 Å². The Morgan fingerprint density at radius 3 is 2.50 bits per heavy atom. The van der Waals surface area contributed by atoms with Gasteiger partial charge >= 0.3 is 6.09 Å². The summed E-state index contributed by atoms with van der Waals surface area (Å²) < 4.78 is 7.12. The van der Waals surface area contributed by atoms with Crippen LogP contribution in [0.5, 0.6) is 0 Å². The van der Waals surface area contributed by atoms with Crippen LogP contribution in [0.1, 0.15) is 36.1 Å². The third-order valence-electron chi connectivity index (χ3n) is 5.64. The maximum atomic E-state index is 12.7. The number of aromatic nitrogens is 1. The molecule has 3 aromatic carbocycles. The number of ether oxygens (including phenoxy) is 1. The molecule has 0 spiro atoms. The number of alkyl carbamates (subject to hydrolysis) is 1. The molecule has 0 unspecified atom stereocenters. The Morgan fingerprint density at radius 2 is 1.75 bits per heavy atom. The summed E-state index contributed by atoms with van der Waals surface area (Å²) in [5, 5.41) is 8.65. The number of fused-ring (bicyclic) bond motifs is 1. The van der Waals surface area contributed by atoms with Crippen molar-refractivity contribution in [2.24, 2.45) is 5.10 Å². The Labute approximate surface area is 214 Å². The van der Waals surface area contributed by atoms with Gasteiger partial charge in [0.1, 0.15) is 0 Å². The number of para-hydroxylation sites is 1. The van der Waals surface area contributed by atoms with E-state index < -0.39 is 12.1 Å². The van der Waals surface area contributed by atoms with E-state index in [0.29, 0.717) is 11.6 Å². The summed E-state index contributed by atoms with van der Waals surface area (Å²) in [6, 6.07) is 24.5. The summed E-state index contributed by atoms with van der Waals surface area (Å²) in [5.41, 5.74) is 6.44. The van der Waals surface area contributed by atoms with Crippen molar-refractivity contribution in [1.29, 1.82) is 0 Å². The van der Waals surface area contributed by atoms with Crippen LogP contribution >= 0.6 is 11.6 Å². The third-order valence-corrected chi connectivity index (χ3v) is 5.89. The highest BCUT2D eigenvalue weighted by molar-refractivity contribution is 6.30. The van der Waals surface area contributed by atoms with E-state index in [1.165, 1.54) is 0 Å². The fourth-order valence-electron chi connectivity index (χ4n) is 3.95. The molecule has 8 heteroatoms. The Kier molecular flexibility index (Phi) is 8.36. The van der Waals surface area contributed by atoms with E-state index in [-0.39, 0.29) is 18.9 Å². The third kappa shape index (κ3) is 6.52. The van der Waals surface area contributed by atoms with Crippen molar-refractivity contribution < 1.29 is 14.3 Å². The molecule has 1 atom stereocenters. The van der Waals surface area contributed by atoms with Crippen LogP contribution in [-0.2, 0) is 16.1 Å². The predicted molar refractivity (Wildman–Crippen MR) is 142 cm³/mol. The van der Waals surface area contributed by atoms with Crippen molar-refractivity contribution in [2.45, 2.75) is 25.9 Å². The monoisotopic (exact) mass is 502 g/mol. The second-order valence-corrected chi connectivity index (χ2v) is 8.62. The Bertz CT molecular complexity index is 1350. The molecule has 1 aromatic heterocycles. The summed E-state index contributed by atoms with van der Waals surface area (Å²) in [4.78, 5) is 24.6. The summed E-state index contributed by atoms with van der Waals surface area (Å²) in [6.07, 6.45) is 3.08. The van der Waals surface area contributed by atoms with Crippen LogP contribution in [0, 0.1) is 0 Å². The molecule has 184 valence electrons. The number of hydrogen-bond acceptors (Lipinski definition) is 4. The summed E-state index contributed by atoms with van der Waals surface area (Å²) in [5.74, 6) is -0.332. The van der Waals surface area contributed by atoms with Gasteiger partial charge in [0.05, 0.1) is 25.3 Å². The number of benzene rings is 3. The van der Waals surface area contributed by atoms with Gasteiger partial charge in [0.25, 0.3) is 0 Å². The van der Waals surface area contributed by atoms with Crippen LogP contribution in [0.4, 0.5) is 4.79 Å². The van der Waals surface area contributed by atoms with Crippen molar-refractivity contribution in [1.82, 2.24) is 15.3 Å². The fourth-order valence-corrected chi connectivity index (χ4v) is 4.08. The zero-order chi connectivity index (χ0) is 25.3. The first-order chi connectivity index (χ1) is 17.5. The first kappa shape index (κ1) is 25.0. The lowest BCUT2D eigenvalue weighted by molar-refractivity contribution is -0.121. The zero-order valence-electron chi connectivity index (χ0n) is 19.9. The number of halogens is 1. The second-order valence-electron chi connectivity index (χ2n) is 8.18. The maximum absolute atomic E-state index is 12.7. The molecule has 0 aliphatic rings. The summed E-state index contributed by atoms with van der Waals surface area (Å²) >= 11 is 6.02. The number of amides is 2. The van der Waals surface area contributed by atoms with Gasteiger partial charge in [-0.1, -0.05) is 72.3 Å². The Hall–Kier alpha value is -4.10. The van der Waals surface area contributed by atoms with E-state index in [0.717, 1.165) is 27.6 Å². The molecular formula is C28H27ClN4O3. The van der Waals surface area contributed by atoms with Gasteiger partial charge in [-0.3, -0.25) is 4.79 Å². The molecule has 0 aliphatic heterocycles. The van der Waals surface area contributed by atoms with E-state index in [1.54, 1.807) is 13.1 Å². The first-order valence-corrected chi connectivity index (χ1v) is 12.0. The molecule has 4 aromatic rings. The van der Waals surface area contributed by atoms with E-state index in [1.807, 2.05) is 85.1 Å². The SMILES string of the molecule is CCOC(=O)N[C@@H](CC(=O)N/N=C\c1cn(Cc2ccc(Cl)cc2)c2ccccc12)c1ccccc1. The van der Waals surface area contributed by atoms with Crippen LogP contribution in [-0.4, -0.2) is 29.4 Å². The topological polar surface area (TPSA) is 84.7 Å². The van der Waals surface area contributed by atoms with Gasteiger partial charge in [0.2, 0.25) is 5.91 Å². The molecule has 2 N–H and O–H groups in total. The normalized spacial score (nSPS) is 11.9. The number of carbonyl (C=O) groups excluding carboxylic acids is 2. The molecule has 0 aliphatic carbocycles. The van der Waals surface area contributed by atoms with Crippen molar-refractivity contribution in [3.63, 3.8) is 0 Å². The van der Waals surface area contributed by atoms with Crippen molar-refractivity contribution in [3.8, 4) is 0 Å². The molecule has 7 nitrogen and oxygen atoms in total. The number of hydrazone groups is 1. The smallest absolute Gasteiger partial charge is 0.407 e. The second kappa shape index (κ2) is 12.0. The zero-order valence-corrected chi connectivity index (χ0v) is 20.6. The highest BCUT2D eigenvalue weighted by Crippen LogP contribution is 2.22. The summed E-state index contributed by atoms with van der Waals surface area (Å²) in [7, 11) is 0. The van der Waals surface area contributed by atoms with Crippen LogP contribution < -0.4 is 10.7 Å². The minimum absolute atomic E-state index is 0.0124. The molecule has 0 saturated carbocycles. The average Bonchev–Trinajstić information content (AvgIpc) is 3.23. The number of carbonyl (C=O) groups is 2. The van der Waals surface area contributed by atoms with Crippen LogP contribution in [0.3, 0.4) is 0 Å². The Morgan fingerprint density at radius 1 is 1.03 bits per heavy atom. The first-order valence-electron chi connectivity index (χ1n) is 11.7. The highest BCUT2D eigenvalue weighted by Gasteiger charge is 2.19. The summed E-state index contributed by atoms with van der Waals surface area (Å²) in [6.45, 7) is 2.65. The quantitative estimate of drug-likeness (QED) is 0.228. The minimum atomic E-state index is -0.573. The molecule has 2 amide bonds. The predicted octanol–water partition coefficient (Wildman–Crippen LogP) is 5.67. The fraction of sp³-hybridized carbons (Fsp3) is 0.179. The van der Waals surface area contributed by atoms with Gasteiger partial charge in [0.15, 0.2) is 0 Å². The molecule has 0 radical (unpaired) electrons.